The van der Waals surface area contributed by atoms with Gasteiger partial charge in [0, 0.05) is 12.5 Å². The first-order chi connectivity index (χ1) is 6.34. The summed E-state index contributed by atoms with van der Waals surface area (Å²) in [7, 11) is 0. The lowest BCUT2D eigenvalue weighted by atomic mass is 10.1. The molecule has 0 fully saturated rings. The van der Waals surface area contributed by atoms with E-state index < -0.39 is 0 Å². The number of nitrogens with two attached hydrogens (primary N) is 1. The van der Waals surface area contributed by atoms with E-state index in [1.165, 1.54) is 0 Å². The van der Waals surface area contributed by atoms with Crippen molar-refractivity contribution in [2.75, 3.05) is 6.54 Å². The van der Waals surface area contributed by atoms with Crippen LogP contribution in [0.2, 0.25) is 0 Å². The first kappa shape index (κ1) is 9.86. The molecule has 1 rings (SSSR count). The third-order valence-electron chi connectivity index (χ3n) is 1.89. The van der Waals surface area contributed by atoms with E-state index in [1.54, 1.807) is 12.4 Å². The zero-order chi connectivity index (χ0) is 9.52. The average Bonchev–Trinajstić information content (AvgIpc) is 2.19. The van der Waals surface area contributed by atoms with Crippen LogP contribution in [0.15, 0.2) is 24.5 Å². The van der Waals surface area contributed by atoms with Crippen molar-refractivity contribution in [3.63, 3.8) is 0 Å². The molecule has 0 unspecified atom stereocenters. The number of hydrogen-bond acceptors (Lipinski definition) is 2. The van der Waals surface area contributed by atoms with E-state index in [2.05, 4.69) is 4.98 Å². The second-order valence-corrected chi connectivity index (χ2v) is 2.96. The van der Waals surface area contributed by atoms with E-state index in [0.29, 0.717) is 13.0 Å². The van der Waals surface area contributed by atoms with Gasteiger partial charge in [-0.3, -0.25) is 4.79 Å². The van der Waals surface area contributed by atoms with Crippen LogP contribution in [-0.4, -0.2) is 12.3 Å². The lowest BCUT2D eigenvalue weighted by Crippen LogP contribution is -2.07. The van der Waals surface area contributed by atoms with Gasteiger partial charge in [-0.05, 0) is 25.5 Å². The van der Waals surface area contributed by atoms with Gasteiger partial charge < -0.3 is 5.73 Å². The van der Waals surface area contributed by atoms with E-state index in [-0.39, 0.29) is 5.78 Å². The maximum absolute atomic E-state index is 11.5. The summed E-state index contributed by atoms with van der Waals surface area (Å²) in [4.78, 5) is 14.3. The van der Waals surface area contributed by atoms with Crippen LogP contribution in [0.25, 0.3) is 0 Å². The first-order valence-corrected chi connectivity index (χ1v) is 4.54. The number of ketones is 1. The first-order valence-electron chi connectivity index (χ1n) is 4.54. The molecule has 0 aliphatic heterocycles. The number of unbranched alkanes of at least 4 members (excludes halogenated alkanes) is 1. The number of hydrogen-bond donors (Lipinski definition) is 1. The highest BCUT2D eigenvalue weighted by Crippen LogP contribution is 2.03. The summed E-state index contributed by atoms with van der Waals surface area (Å²) in [6.07, 6.45) is 5.91. The third-order valence-corrected chi connectivity index (χ3v) is 1.89. The summed E-state index contributed by atoms with van der Waals surface area (Å²) in [5, 5.41) is 0. The Kier molecular flexibility index (Phi) is 4.12. The Morgan fingerprint density at radius 1 is 1.46 bits per heavy atom. The molecule has 0 radical (unpaired) electrons. The molecule has 70 valence electrons. The molecule has 0 atom stereocenters. The van der Waals surface area contributed by atoms with Crippen molar-refractivity contribution in [3.8, 4) is 0 Å². The van der Waals surface area contributed by atoms with Gasteiger partial charge in [-0.2, -0.15) is 0 Å². The molecule has 0 aliphatic rings. The highest BCUT2D eigenvalue weighted by atomic mass is 16.1. The predicted molar refractivity (Wildman–Crippen MR) is 50.2 cm³/mol. The fourth-order valence-electron chi connectivity index (χ4n) is 1.14. The maximum Gasteiger partial charge on any atom is 0.177 e. The second-order valence-electron chi connectivity index (χ2n) is 2.96. The topological polar surface area (TPSA) is 57.2 Å². The number of H-pyrrole nitrogens is 1. The van der Waals surface area contributed by atoms with Crippen molar-refractivity contribution >= 4 is 5.78 Å². The van der Waals surface area contributed by atoms with Crippen molar-refractivity contribution in [2.24, 2.45) is 5.73 Å². The number of carbonyl (C=O) groups excluding carboxylic acids is 1. The molecular formula is C10H15N2O+. The molecule has 3 N–H and O–H groups in total. The lowest BCUT2D eigenvalue weighted by Gasteiger charge is -1.96. The van der Waals surface area contributed by atoms with E-state index >= 15 is 0 Å². The number of aromatic nitrogens is 1. The molecule has 1 aromatic heterocycles. The van der Waals surface area contributed by atoms with Gasteiger partial charge in [0.05, 0.1) is 5.56 Å². The van der Waals surface area contributed by atoms with E-state index in [1.807, 2.05) is 12.1 Å². The molecule has 0 saturated carbocycles. The van der Waals surface area contributed by atoms with E-state index in [4.69, 9.17) is 5.73 Å². The van der Waals surface area contributed by atoms with Gasteiger partial charge in [-0.25, -0.2) is 4.98 Å². The Labute approximate surface area is 78.0 Å². The number of Topliss-reactive ketones (excluding diaryl/α,β-unsaturated/α-hetero) is 1. The number of carbonyl (C=O) groups is 1. The predicted octanol–water partition coefficient (Wildman–Crippen LogP) is 0.812. The molecule has 1 heterocycles. The molecule has 0 spiro atoms. The van der Waals surface area contributed by atoms with Crippen LogP contribution in [0.3, 0.4) is 0 Å². The van der Waals surface area contributed by atoms with Crippen molar-refractivity contribution in [1.82, 2.24) is 0 Å². The Balaban J connectivity index is 2.40. The average molecular weight is 179 g/mol. The zero-order valence-electron chi connectivity index (χ0n) is 7.62. The van der Waals surface area contributed by atoms with Crippen LogP contribution >= 0.6 is 0 Å². The molecule has 13 heavy (non-hydrogen) atoms. The Morgan fingerprint density at radius 3 is 2.92 bits per heavy atom. The summed E-state index contributed by atoms with van der Waals surface area (Å²) >= 11 is 0. The van der Waals surface area contributed by atoms with Crippen LogP contribution in [0.1, 0.15) is 29.6 Å². The SMILES string of the molecule is NCCCCC(=O)c1ccc[nH+]c1. The minimum atomic E-state index is 0.185. The summed E-state index contributed by atoms with van der Waals surface area (Å²) in [6.45, 7) is 0.661. The second kappa shape index (κ2) is 5.43. The fourth-order valence-corrected chi connectivity index (χ4v) is 1.14. The number of pyridine rings is 1. The molecular weight excluding hydrogens is 164 g/mol. The molecule has 0 bridgehead atoms. The summed E-state index contributed by atoms with van der Waals surface area (Å²) < 4.78 is 0. The standard InChI is InChI=1S/C10H14N2O/c11-6-2-1-5-10(13)9-4-3-7-12-8-9/h3-4,7-8H,1-2,5-6,11H2/p+1. The summed E-state index contributed by atoms with van der Waals surface area (Å²) in [5.74, 6) is 0.185. The highest BCUT2D eigenvalue weighted by Gasteiger charge is 2.06. The fraction of sp³-hybridized carbons (Fsp3) is 0.400. The molecule has 3 nitrogen and oxygen atoms in total. The summed E-state index contributed by atoms with van der Waals surface area (Å²) in [6, 6.07) is 3.65. The minimum Gasteiger partial charge on any atom is -0.330 e. The van der Waals surface area contributed by atoms with Gasteiger partial charge in [0.25, 0.3) is 0 Å². The quantitative estimate of drug-likeness (QED) is 0.537. The number of nitrogens with one attached hydrogen (secondary N) is 1. The highest BCUT2D eigenvalue weighted by molar-refractivity contribution is 5.95. The van der Waals surface area contributed by atoms with E-state index in [9.17, 15) is 4.79 Å². The number of rotatable bonds is 5. The van der Waals surface area contributed by atoms with Crippen molar-refractivity contribution in [3.05, 3.63) is 30.1 Å². The normalized spacial score (nSPS) is 9.92. The number of aromatic amines is 1. The van der Waals surface area contributed by atoms with E-state index in [0.717, 1.165) is 18.4 Å². The van der Waals surface area contributed by atoms with Crippen molar-refractivity contribution in [1.29, 1.82) is 0 Å². The van der Waals surface area contributed by atoms with Gasteiger partial charge in [0.2, 0.25) is 0 Å². The molecule has 0 aliphatic carbocycles. The zero-order valence-corrected chi connectivity index (χ0v) is 7.62. The molecule has 0 saturated heterocycles. The van der Waals surface area contributed by atoms with Gasteiger partial charge >= 0.3 is 0 Å². The Morgan fingerprint density at radius 2 is 2.31 bits per heavy atom. The van der Waals surface area contributed by atoms with Crippen LogP contribution < -0.4 is 10.7 Å². The molecule has 1 aromatic rings. The van der Waals surface area contributed by atoms with Crippen molar-refractivity contribution < 1.29 is 9.78 Å². The minimum absolute atomic E-state index is 0.185. The van der Waals surface area contributed by atoms with Gasteiger partial charge in [0.15, 0.2) is 18.2 Å². The monoisotopic (exact) mass is 179 g/mol. The Bertz CT molecular complexity index is 259. The lowest BCUT2D eigenvalue weighted by molar-refractivity contribution is -0.378. The largest absolute Gasteiger partial charge is 0.330 e. The van der Waals surface area contributed by atoms with Crippen LogP contribution in [0.4, 0.5) is 0 Å². The van der Waals surface area contributed by atoms with Crippen LogP contribution in [-0.2, 0) is 0 Å². The smallest absolute Gasteiger partial charge is 0.177 e. The summed E-state index contributed by atoms with van der Waals surface area (Å²) in [5.41, 5.74) is 6.09. The van der Waals surface area contributed by atoms with Crippen LogP contribution in [0, 0.1) is 0 Å². The Hall–Kier alpha value is -1.22. The van der Waals surface area contributed by atoms with Gasteiger partial charge in [-0.1, -0.05) is 0 Å². The molecule has 0 aromatic carbocycles. The van der Waals surface area contributed by atoms with Crippen LogP contribution in [0.5, 0.6) is 0 Å². The molecule has 0 amide bonds. The van der Waals surface area contributed by atoms with Gasteiger partial charge in [0.1, 0.15) is 0 Å². The third kappa shape index (κ3) is 3.34. The molecule has 3 heteroatoms. The maximum atomic E-state index is 11.5. The van der Waals surface area contributed by atoms with Crippen molar-refractivity contribution in [2.45, 2.75) is 19.3 Å². The van der Waals surface area contributed by atoms with Gasteiger partial charge in [-0.15, -0.1) is 0 Å².